The first kappa shape index (κ1) is 34.0. The zero-order valence-electron chi connectivity index (χ0n) is 26.4. The molecular weight excluding hydrogens is 580 g/mol. The van der Waals surface area contributed by atoms with Gasteiger partial charge in [0.15, 0.2) is 5.78 Å². The van der Waals surface area contributed by atoms with E-state index < -0.39 is 53.7 Å². The van der Waals surface area contributed by atoms with E-state index >= 15 is 0 Å². The summed E-state index contributed by atoms with van der Waals surface area (Å²) in [5, 5.41) is 19.2. The van der Waals surface area contributed by atoms with Crippen molar-refractivity contribution in [3.05, 3.63) is 119 Å². The van der Waals surface area contributed by atoms with E-state index in [1.165, 1.54) is 0 Å². The molecule has 4 rings (SSSR count). The molecule has 0 aliphatic carbocycles. The molecule has 0 aliphatic rings. The largest absolute Gasteiger partial charge is 0.391 e. The average Bonchev–Trinajstić information content (AvgIpc) is 3.02. The Morgan fingerprint density at radius 1 is 0.804 bits per heavy atom. The highest BCUT2D eigenvalue weighted by molar-refractivity contribution is 6.05. The van der Waals surface area contributed by atoms with Crippen LogP contribution in [0.25, 0.3) is 10.8 Å². The molecule has 4 atom stereocenters. The standard InChI is InChI=1S/C37H42N4O5/c1-37(2,3)41-36(46)28-16-10-9-15-26(28)21-31(42)30(19-23-11-5-4-6-12-23)40-35(45)29(22-32(38)43)33(39)34(44)27-18-17-24-13-7-8-14-25(24)20-27/h4-18,20,29-31,33,42H,19,21-22,39H2,1-3H3,(H2,38,43)(H,40,45)(H,41,46)/t29-,30?,31-,33?/m1/s1. The van der Waals surface area contributed by atoms with Crippen LogP contribution in [0.4, 0.5) is 0 Å². The fourth-order valence-corrected chi connectivity index (χ4v) is 5.45. The van der Waals surface area contributed by atoms with Gasteiger partial charge in [-0.2, -0.15) is 0 Å². The van der Waals surface area contributed by atoms with Crippen LogP contribution in [0, 0.1) is 5.92 Å². The molecule has 0 radical (unpaired) electrons. The van der Waals surface area contributed by atoms with Crippen molar-refractivity contribution >= 4 is 34.3 Å². The second-order valence-corrected chi connectivity index (χ2v) is 12.7. The van der Waals surface area contributed by atoms with Crippen molar-refractivity contribution in [1.29, 1.82) is 0 Å². The lowest BCUT2D eigenvalue weighted by atomic mass is 9.87. The third-order valence-electron chi connectivity index (χ3n) is 7.80. The van der Waals surface area contributed by atoms with Crippen molar-refractivity contribution < 1.29 is 24.3 Å². The Hall–Kier alpha value is -4.86. The number of hydrogen-bond donors (Lipinski definition) is 5. The van der Waals surface area contributed by atoms with E-state index in [-0.39, 0.29) is 18.7 Å². The van der Waals surface area contributed by atoms with Crippen molar-refractivity contribution in [1.82, 2.24) is 10.6 Å². The summed E-state index contributed by atoms with van der Waals surface area (Å²) in [6, 6.07) is 26.7. The number of aliphatic hydroxyl groups is 1. The molecule has 9 nitrogen and oxygen atoms in total. The minimum absolute atomic E-state index is 0.0497. The third kappa shape index (κ3) is 9.09. The molecule has 0 saturated carbocycles. The number of Topliss-reactive ketones (excluding diaryl/α,β-unsaturated/α-hetero) is 1. The lowest BCUT2D eigenvalue weighted by molar-refractivity contribution is -0.130. The van der Waals surface area contributed by atoms with Gasteiger partial charge in [-0.1, -0.05) is 84.9 Å². The van der Waals surface area contributed by atoms with Crippen LogP contribution in [0.2, 0.25) is 0 Å². The Morgan fingerprint density at radius 3 is 2.11 bits per heavy atom. The van der Waals surface area contributed by atoms with Gasteiger partial charge in [0.1, 0.15) is 0 Å². The summed E-state index contributed by atoms with van der Waals surface area (Å²) in [7, 11) is 0. The fraction of sp³-hybridized carbons (Fsp3) is 0.297. The molecule has 4 aromatic carbocycles. The predicted molar refractivity (Wildman–Crippen MR) is 179 cm³/mol. The highest BCUT2D eigenvalue weighted by Gasteiger charge is 2.35. The number of hydrogen-bond acceptors (Lipinski definition) is 6. The number of nitrogens with two attached hydrogens (primary N) is 2. The van der Waals surface area contributed by atoms with Gasteiger partial charge in [0.25, 0.3) is 5.91 Å². The minimum atomic E-state index is -1.37. The zero-order valence-corrected chi connectivity index (χ0v) is 26.4. The van der Waals surface area contributed by atoms with Crippen LogP contribution < -0.4 is 22.1 Å². The van der Waals surface area contributed by atoms with E-state index in [0.29, 0.717) is 16.7 Å². The van der Waals surface area contributed by atoms with Crippen LogP contribution in [0.5, 0.6) is 0 Å². The third-order valence-corrected chi connectivity index (χ3v) is 7.80. The van der Waals surface area contributed by atoms with Gasteiger partial charge in [0, 0.05) is 29.5 Å². The second-order valence-electron chi connectivity index (χ2n) is 12.7. The number of nitrogens with one attached hydrogen (secondary N) is 2. The number of benzene rings is 4. The molecule has 7 N–H and O–H groups in total. The maximum Gasteiger partial charge on any atom is 0.251 e. The molecule has 3 amide bonds. The molecule has 4 aromatic rings. The number of aliphatic hydroxyl groups excluding tert-OH is 1. The van der Waals surface area contributed by atoms with Crippen LogP contribution in [-0.4, -0.2) is 52.3 Å². The first-order valence-corrected chi connectivity index (χ1v) is 15.3. The van der Waals surface area contributed by atoms with Crippen LogP contribution in [-0.2, 0) is 22.4 Å². The molecule has 9 heteroatoms. The maximum absolute atomic E-state index is 13.8. The molecule has 0 bridgehead atoms. The minimum Gasteiger partial charge on any atom is -0.391 e. The summed E-state index contributed by atoms with van der Waals surface area (Å²) in [4.78, 5) is 52.5. The number of ketones is 1. The summed E-state index contributed by atoms with van der Waals surface area (Å²) in [5.41, 5.74) is 13.6. The van der Waals surface area contributed by atoms with Gasteiger partial charge >= 0.3 is 0 Å². The number of primary amides is 1. The van der Waals surface area contributed by atoms with Gasteiger partial charge in [-0.15, -0.1) is 0 Å². The smallest absolute Gasteiger partial charge is 0.251 e. The van der Waals surface area contributed by atoms with Crippen molar-refractivity contribution in [2.75, 3.05) is 0 Å². The molecule has 240 valence electrons. The Bertz CT molecular complexity index is 1700. The molecule has 0 aliphatic heterocycles. The summed E-state index contributed by atoms with van der Waals surface area (Å²) in [6.45, 7) is 5.64. The highest BCUT2D eigenvalue weighted by atomic mass is 16.3. The van der Waals surface area contributed by atoms with E-state index in [1.54, 1.807) is 42.5 Å². The van der Waals surface area contributed by atoms with Crippen molar-refractivity contribution in [3.8, 4) is 0 Å². The van der Waals surface area contributed by atoms with E-state index in [9.17, 15) is 24.3 Å². The Morgan fingerprint density at radius 2 is 1.43 bits per heavy atom. The van der Waals surface area contributed by atoms with Gasteiger partial charge in [-0.25, -0.2) is 0 Å². The molecule has 46 heavy (non-hydrogen) atoms. The first-order valence-electron chi connectivity index (χ1n) is 15.3. The van der Waals surface area contributed by atoms with Gasteiger partial charge in [0.2, 0.25) is 11.8 Å². The molecule has 0 aromatic heterocycles. The molecular formula is C37H42N4O5. The van der Waals surface area contributed by atoms with Crippen molar-refractivity contribution in [2.24, 2.45) is 17.4 Å². The van der Waals surface area contributed by atoms with Crippen LogP contribution in [0.15, 0.2) is 97.1 Å². The Labute approximate surface area is 269 Å². The summed E-state index contributed by atoms with van der Waals surface area (Å²) in [5.74, 6) is -3.54. The Kier molecular flexibility index (Phi) is 11.1. The first-order chi connectivity index (χ1) is 21.8. The summed E-state index contributed by atoms with van der Waals surface area (Å²) >= 11 is 0. The lowest BCUT2D eigenvalue weighted by Gasteiger charge is -2.29. The summed E-state index contributed by atoms with van der Waals surface area (Å²) < 4.78 is 0. The van der Waals surface area contributed by atoms with Crippen LogP contribution >= 0.6 is 0 Å². The van der Waals surface area contributed by atoms with Gasteiger partial charge in [-0.05, 0) is 61.2 Å². The molecule has 0 saturated heterocycles. The maximum atomic E-state index is 13.8. The van der Waals surface area contributed by atoms with E-state index in [0.717, 1.165) is 16.3 Å². The van der Waals surface area contributed by atoms with Crippen LogP contribution in [0.3, 0.4) is 0 Å². The quantitative estimate of drug-likeness (QED) is 0.143. The van der Waals surface area contributed by atoms with E-state index in [2.05, 4.69) is 10.6 Å². The van der Waals surface area contributed by atoms with Crippen molar-refractivity contribution in [3.63, 3.8) is 0 Å². The van der Waals surface area contributed by atoms with Crippen LogP contribution in [0.1, 0.15) is 59.0 Å². The number of carbonyl (C=O) groups excluding carboxylic acids is 4. The highest BCUT2D eigenvalue weighted by Crippen LogP contribution is 2.21. The zero-order chi connectivity index (χ0) is 33.4. The normalized spacial score (nSPS) is 14.1. The molecule has 0 fully saturated rings. The number of fused-ring (bicyclic) bond motifs is 1. The monoisotopic (exact) mass is 622 g/mol. The number of rotatable bonds is 13. The van der Waals surface area contributed by atoms with E-state index in [1.807, 2.05) is 75.4 Å². The van der Waals surface area contributed by atoms with E-state index in [4.69, 9.17) is 11.5 Å². The molecule has 0 spiro atoms. The second kappa shape index (κ2) is 14.9. The average molecular weight is 623 g/mol. The molecule has 0 heterocycles. The SMILES string of the molecule is CC(C)(C)NC(=O)c1ccccc1C[C@@H](O)C(Cc1ccccc1)NC(=O)[C@H](CC(N)=O)C(N)C(=O)c1ccc2ccccc2c1. The lowest BCUT2D eigenvalue weighted by Crippen LogP contribution is -2.53. The van der Waals surface area contributed by atoms with Gasteiger partial charge in [-0.3, -0.25) is 19.2 Å². The number of carbonyl (C=O) groups is 4. The van der Waals surface area contributed by atoms with Gasteiger partial charge in [0.05, 0.1) is 24.1 Å². The fourth-order valence-electron chi connectivity index (χ4n) is 5.45. The number of amides is 3. The summed E-state index contributed by atoms with van der Waals surface area (Å²) in [6.07, 6.45) is -1.32. The Balaban J connectivity index is 1.60. The topological polar surface area (TPSA) is 165 Å². The van der Waals surface area contributed by atoms with Crippen molar-refractivity contribution in [2.45, 2.75) is 63.8 Å². The molecule has 2 unspecified atom stereocenters. The van der Waals surface area contributed by atoms with Gasteiger partial charge < -0.3 is 27.2 Å². The predicted octanol–water partition coefficient (Wildman–Crippen LogP) is 3.70.